The highest BCUT2D eigenvalue weighted by atomic mass is 32.1. The lowest BCUT2D eigenvalue weighted by Gasteiger charge is -2.14. The fourth-order valence-corrected chi connectivity index (χ4v) is 3.92. The molecule has 1 saturated heterocycles. The van der Waals surface area contributed by atoms with Crippen molar-refractivity contribution in [3.8, 4) is 0 Å². The van der Waals surface area contributed by atoms with Crippen LogP contribution in [0.25, 0.3) is 0 Å². The maximum absolute atomic E-state index is 12.6. The van der Waals surface area contributed by atoms with E-state index in [-0.39, 0.29) is 11.5 Å². The van der Waals surface area contributed by atoms with Crippen LogP contribution in [0.2, 0.25) is 0 Å². The highest BCUT2D eigenvalue weighted by Gasteiger charge is 2.23. The van der Waals surface area contributed by atoms with Gasteiger partial charge in [0.2, 0.25) is 5.91 Å². The van der Waals surface area contributed by atoms with Crippen LogP contribution in [0, 0.1) is 5.92 Å². The monoisotopic (exact) mass is 366 g/mol. The number of alkyl halides is 2. The lowest BCUT2D eigenvalue weighted by Crippen LogP contribution is -2.20. The second-order valence-corrected chi connectivity index (χ2v) is 7.41. The number of nitrogens with zero attached hydrogens (tertiary/aromatic N) is 3. The van der Waals surface area contributed by atoms with Crippen LogP contribution in [-0.4, -0.2) is 33.9 Å². The average molecular weight is 366 g/mol. The summed E-state index contributed by atoms with van der Waals surface area (Å²) in [6.07, 6.45) is 2.47. The second kappa shape index (κ2) is 7.97. The Balaban J connectivity index is 1.49. The quantitative estimate of drug-likeness (QED) is 0.850. The largest absolute Gasteiger partial charge is 0.302 e. The van der Waals surface area contributed by atoms with Crippen molar-refractivity contribution in [1.29, 1.82) is 0 Å². The van der Waals surface area contributed by atoms with Crippen LogP contribution in [0.3, 0.4) is 0 Å². The molecule has 1 atom stereocenters. The summed E-state index contributed by atoms with van der Waals surface area (Å²) in [7, 11) is 0. The molecule has 1 aliphatic heterocycles. The van der Waals surface area contributed by atoms with Crippen molar-refractivity contribution in [2.75, 3.05) is 18.4 Å². The van der Waals surface area contributed by atoms with Crippen molar-refractivity contribution < 1.29 is 13.6 Å². The van der Waals surface area contributed by atoms with E-state index in [0.717, 1.165) is 43.0 Å². The normalized spacial score (nSPS) is 18.0. The maximum atomic E-state index is 12.6. The Hall–Kier alpha value is -1.93. The van der Waals surface area contributed by atoms with Gasteiger partial charge in [-0.05, 0) is 37.4 Å². The Morgan fingerprint density at radius 1 is 1.40 bits per heavy atom. The third-order valence-corrected chi connectivity index (χ3v) is 5.08. The number of carbonyl (C=O) groups is 1. The Morgan fingerprint density at radius 2 is 2.24 bits per heavy atom. The van der Waals surface area contributed by atoms with E-state index in [4.69, 9.17) is 0 Å². The summed E-state index contributed by atoms with van der Waals surface area (Å²) in [4.78, 5) is 22.9. The van der Waals surface area contributed by atoms with E-state index in [1.807, 2.05) is 0 Å². The molecule has 3 heterocycles. The number of anilines is 1. The standard InChI is InChI=1S/C17H20F2N4OS/c1-11(24)22-17-21-8-15(25-17)10-23-5-4-12(9-23)6-14-3-2-13(7-20-14)16(18)19/h2-3,7-8,12,16H,4-6,9-10H2,1H3,(H,21,22,24). The van der Waals surface area contributed by atoms with Gasteiger partial charge in [0.15, 0.2) is 5.13 Å². The molecule has 1 aliphatic rings. The second-order valence-electron chi connectivity index (χ2n) is 6.29. The number of likely N-dealkylation sites (tertiary alicyclic amines) is 1. The number of thiazole rings is 1. The van der Waals surface area contributed by atoms with Crippen LogP contribution in [-0.2, 0) is 17.8 Å². The van der Waals surface area contributed by atoms with Gasteiger partial charge in [-0.2, -0.15) is 0 Å². The van der Waals surface area contributed by atoms with E-state index in [1.165, 1.54) is 30.5 Å². The number of amides is 1. The Kier molecular flexibility index (Phi) is 5.70. The molecule has 2 aromatic rings. The third kappa shape index (κ3) is 5.02. The van der Waals surface area contributed by atoms with E-state index in [9.17, 15) is 13.6 Å². The lowest BCUT2D eigenvalue weighted by molar-refractivity contribution is -0.114. The lowest BCUT2D eigenvalue weighted by atomic mass is 10.0. The summed E-state index contributed by atoms with van der Waals surface area (Å²) < 4.78 is 25.1. The molecule has 0 aliphatic carbocycles. The SMILES string of the molecule is CC(=O)Nc1ncc(CN2CCC(Cc3ccc(C(F)F)cn3)C2)s1. The molecule has 0 spiro atoms. The number of rotatable bonds is 6. The molecule has 1 unspecified atom stereocenters. The fraction of sp³-hybridized carbons (Fsp3) is 0.471. The van der Waals surface area contributed by atoms with Gasteiger partial charge in [-0.3, -0.25) is 14.7 Å². The molecular weight excluding hydrogens is 346 g/mol. The van der Waals surface area contributed by atoms with E-state index < -0.39 is 6.43 Å². The fourth-order valence-electron chi connectivity index (χ4n) is 3.01. The molecule has 3 rings (SSSR count). The van der Waals surface area contributed by atoms with Gasteiger partial charge < -0.3 is 5.32 Å². The van der Waals surface area contributed by atoms with Crippen LogP contribution in [0.5, 0.6) is 0 Å². The van der Waals surface area contributed by atoms with Crippen molar-refractivity contribution >= 4 is 22.4 Å². The van der Waals surface area contributed by atoms with Crippen LogP contribution >= 0.6 is 11.3 Å². The van der Waals surface area contributed by atoms with E-state index in [0.29, 0.717) is 11.0 Å². The molecule has 0 aromatic carbocycles. The number of hydrogen-bond acceptors (Lipinski definition) is 5. The van der Waals surface area contributed by atoms with Crippen LogP contribution in [0.4, 0.5) is 13.9 Å². The minimum Gasteiger partial charge on any atom is -0.302 e. The molecule has 5 nitrogen and oxygen atoms in total. The summed E-state index contributed by atoms with van der Waals surface area (Å²) in [6, 6.07) is 3.16. The third-order valence-electron chi connectivity index (χ3n) is 4.18. The van der Waals surface area contributed by atoms with Crippen LogP contribution < -0.4 is 5.32 Å². The Labute approximate surface area is 149 Å². The maximum Gasteiger partial charge on any atom is 0.265 e. The molecule has 0 bridgehead atoms. The first-order valence-corrected chi connectivity index (χ1v) is 8.99. The van der Waals surface area contributed by atoms with Gasteiger partial charge in [0, 0.05) is 48.5 Å². The molecule has 1 N–H and O–H groups in total. The number of pyridine rings is 1. The molecule has 2 aromatic heterocycles. The topological polar surface area (TPSA) is 58.1 Å². The van der Waals surface area contributed by atoms with Gasteiger partial charge >= 0.3 is 0 Å². The molecule has 0 radical (unpaired) electrons. The molecule has 134 valence electrons. The van der Waals surface area contributed by atoms with Crippen molar-refractivity contribution in [2.45, 2.75) is 32.7 Å². The molecule has 1 amide bonds. The van der Waals surface area contributed by atoms with Crippen molar-refractivity contribution in [3.63, 3.8) is 0 Å². The van der Waals surface area contributed by atoms with Gasteiger partial charge in [-0.1, -0.05) is 0 Å². The van der Waals surface area contributed by atoms with Gasteiger partial charge in [0.05, 0.1) is 0 Å². The van der Waals surface area contributed by atoms with Crippen LogP contribution in [0.1, 0.15) is 35.9 Å². The summed E-state index contributed by atoms with van der Waals surface area (Å²) >= 11 is 1.49. The summed E-state index contributed by atoms with van der Waals surface area (Å²) in [5.74, 6) is 0.361. The predicted molar refractivity (Wildman–Crippen MR) is 92.7 cm³/mol. The number of nitrogens with one attached hydrogen (secondary N) is 1. The smallest absolute Gasteiger partial charge is 0.265 e. The highest BCUT2D eigenvalue weighted by Crippen LogP contribution is 2.25. The van der Waals surface area contributed by atoms with E-state index in [1.54, 1.807) is 12.3 Å². The zero-order valence-electron chi connectivity index (χ0n) is 13.9. The van der Waals surface area contributed by atoms with Gasteiger partial charge in [-0.15, -0.1) is 11.3 Å². The minimum absolute atomic E-state index is 0.0306. The van der Waals surface area contributed by atoms with Crippen molar-refractivity contribution in [2.24, 2.45) is 5.92 Å². The summed E-state index contributed by atoms with van der Waals surface area (Å²) in [5.41, 5.74) is 0.832. The Morgan fingerprint density at radius 3 is 2.92 bits per heavy atom. The molecule has 25 heavy (non-hydrogen) atoms. The minimum atomic E-state index is -2.47. The van der Waals surface area contributed by atoms with Gasteiger partial charge in [0.25, 0.3) is 6.43 Å². The zero-order chi connectivity index (χ0) is 17.8. The zero-order valence-corrected chi connectivity index (χ0v) is 14.7. The summed E-state index contributed by atoms with van der Waals surface area (Å²) in [5, 5.41) is 3.32. The first kappa shape index (κ1) is 17.9. The number of halogens is 2. The highest BCUT2D eigenvalue weighted by molar-refractivity contribution is 7.15. The number of hydrogen-bond donors (Lipinski definition) is 1. The molecule has 1 fully saturated rings. The van der Waals surface area contributed by atoms with Gasteiger partial charge in [-0.25, -0.2) is 13.8 Å². The van der Waals surface area contributed by atoms with Crippen molar-refractivity contribution in [3.05, 3.63) is 40.7 Å². The number of carbonyl (C=O) groups excluding carboxylic acids is 1. The van der Waals surface area contributed by atoms with E-state index in [2.05, 4.69) is 20.2 Å². The van der Waals surface area contributed by atoms with Crippen molar-refractivity contribution in [1.82, 2.24) is 14.9 Å². The summed E-state index contributed by atoms with van der Waals surface area (Å²) in [6.45, 7) is 4.22. The average Bonchev–Trinajstić information content (AvgIpc) is 3.17. The predicted octanol–water partition coefficient (Wildman–Crippen LogP) is 3.50. The van der Waals surface area contributed by atoms with E-state index >= 15 is 0 Å². The van der Waals surface area contributed by atoms with Crippen LogP contribution in [0.15, 0.2) is 24.5 Å². The molecule has 0 saturated carbocycles. The Bertz CT molecular complexity index is 720. The number of aromatic nitrogens is 2. The first-order valence-electron chi connectivity index (χ1n) is 8.17. The van der Waals surface area contributed by atoms with Gasteiger partial charge in [0.1, 0.15) is 0 Å². The first-order chi connectivity index (χ1) is 12.0. The molecule has 8 heteroatoms. The molecular formula is C17H20F2N4OS.